The van der Waals surface area contributed by atoms with Crippen LogP contribution in [0.1, 0.15) is 36.6 Å². The van der Waals surface area contributed by atoms with Gasteiger partial charge in [0.15, 0.2) is 5.76 Å². The second-order valence-electron chi connectivity index (χ2n) is 6.99. The summed E-state index contributed by atoms with van der Waals surface area (Å²) in [6, 6.07) is 16.8. The predicted molar refractivity (Wildman–Crippen MR) is 106 cm³/mol. The molecule has 0 radical (unpaired) electrons. The Labute approximate surface area is 160 Å². The molecular formula is C21H24N2O3S. The molecule has 0 atom stereocenters. The summed E-state index contributed by atoms with van der Waals surface area (Å²) in [7, 11) is -2.06. The molecule has 142 valence electrons. The minimum absolute atomic E-state index is 0.0745. The van der Waals surface area contributed by atoms with Crippen molar-refractivity contribution in [2.75, 3.05) is 7.05 Å². The third-order valence-electron chi connectivity index (χ3n) is 4.48. The fourth-order valence-corrected chi connectivity index (χ4v) is 4.51. The molecule has 0 spiro atoms. The highest BCUT2D eigenvalue weighted by atomic mass is 32.2. The van der Waals surface area contributed by atoms with E-state index in [1.165, 1.54) is 4.31 Å². The summed E-state index contributed by atoms with van der Waals surface area (Å²) < 4.78 is 33.4. The van der Waals surface area contributed by atoms with Crippen molar-refractivity contribution >= 4 is 10.0 Å². The van der Waals surface area contributed by atoms with E-state index in [4.69, 9.17) is 4.52 Å². The molecular weight excluding hydrogens is 360 g/mol. The van der Waals surface area contributed by atoms with E-state index < -0.39 is 10.0 Å². The highest BCUT2D eigenvalue weighted by molar-refractivity contribution is 7.89. The second kappa shape index (κ2) is 7.66. The van der Waals surface area contributed by atoms with Gasteiger partial charge < -0.3 is 4.52 Å². The summed E-state index contributed by atoms with van der Waals surface area (Å²) in [6.07, 6.45) is 0. The first-order valence-electron chi connectivity index (χ1n) is 8.87. The fraction of sp³-hybridized carbons (Fsp3) is 0.286. The van der Waals surface area contributed by atoms with Gasteiger partial charge in [-0.15, -0.1) is 0 Å². The van der Waals surface area contributed by atoms with Crippen molar-refractivity contribution < 1.29 is 12.9 Å². The van der Waals surface area contributed by atoms with Crippen LogP contribution in [-0.4, -0.2) is 24.9 Å². The van der Waals surface area contributed by atoms with Gasteiger partial charge in [0.25, 0.3) is 0 Å². The number of rotatable bonds is 6. The maximum absolute atomic E-state index is 13.3. The topological polar surface area (TPSA) is 63.4 Å². The van der Waals surface area contributed by atoms with Crippen molar-refractivity contribution in [2.24, 2.45) is 0 Å². The van der Waals surface area contributed by atoms with Crippen molar-refractivity contribution in [3.63, 3.8) is 0 Å². The lowest BCUT2D eigenvalue weighted by atomic mass is 10.0. The molecule has 1 heterocycles. The Kier molecular flexibility index (Phi) is 5.48. The molecule has 0 aliphatic rings. The highest BCUT2D eigenvalue weighted by Gasteiger charge is 2.26. The van der Waals surface area contributed by atoms with E-state index in [1.54, 1.807) is 19.2 Å². The molecule has 1 aromatic heterocycles. The molecule has 6 heteroatoms. The van der Waals surface area contributed by atoms with E-state index in [-0.39, 0.29) is 5.92 Å². The third kappa shape index (κ3) is 4.12. The monoisotopic (exact) mass is 384 g/mol. The van der Waals surface area contributed by atoms with Gasteiger partial charge in [0, 0.05) is 25.2 Å². The minimum Gasteiger partial charge on any atom is -0.356 e. The number of benzene rings is 2. The molecule has 0 aliphatic heterocycles. The van der Waals surface area contributed by atoms with Crippen LogP contribution in [0.4, 0.5) is 0 Å². The van der Waals surface area contributed by atoms with Crippen LogP contribution >= 0.6 is 0 Å². The van der Waals surface area contributed by atoms with Crippen LogP contribution in [0.15, 0.2) is 64.0 Å². The van der Waals surface area contributed by atoms with Crippen molar-refractivity contribution in [1.82, 2.24) is 9.46 Å². The van der Waals surface area contributed by atoms with Gasteiger partial charge in [-0.25, -0.2) is 8.42 Å². The van der Waals surface area contributed by atoms with E-state index >= 15 is 0 Å². The van der Waals surface area contributed by atoms with Crippen LogP contribution in [0.25, 0.3) is 11.3 Å². The van der Waals surface area contributed by atoms with Crippen molar-refractivity contribution in [3.05, 3.63) is 71.4 Å². The number of sulfonamides is 1. The lowest BCUT2D eigenvalue weighted by molar-refractivity contribution is 0.427. The van der Waals surface area contributed by atoms with E-state index in [0.717, 1.165) is 16.8 Å². The Morgan fingerprint density at radius 1 is 1.07 bits per heavy atom. The molecule has 0 bridgehead atoms. The van der Waals surface area contributed by atoms with Crippen molar-refractivity contribution in [1.29, 1.82) is 0 Å². The smallest absolute Gasteiger partial charge is 0.243 e. The number of aromatic nitrogens is 1. The first kappa shape index (κ1) is 19.3. The van der Waals surface area contributed by atoms with Gasteiger partial charge in [-0.05, 0) is 30.0 Å². The lowest BCUT2D eigenvalue weighted by Gasteiger charge is -2.21. The zero-order valence-electron chi connectivity index (χ0n) is 16.0. The molecule has 27 heavy (non-hydrogen) atoms. The van der Waals surface area contributed by atoms with E-state index in [0.29, 0.717) is 22.8 Å². The maximum atomic E-state index is 13.3. The Morgan fingerprint density at radius 2 is 1.78 bits per heavy atom. The summed E-state index contributed by atoms with van der Waals surface area (Å²) >= 11 is 0. The normalized spacial score (nSPS) is 12.1. The van der Waals surface area contributed by atoms with E-state index in [2.05, 4.69) is 5.16 Å². The van der Waals surface area contributed by atoms with Crippen LogP contribution in [-0.2, 0) is 16.6 Å². The summed E-state index contributed by atoms with van der Waals surface area (Å²) in [5.74, 6) is 0.635. The lowest BCUT2D eigenvalue weighted by Crippen LogP contribution is -2.27. The number of aryl methyl sites for hydroxylation is 1. The maximum Gasteiger partial charge on any atom is 0.243 e. The standard InChI is InChI=1S/C21H24N2O3S/c1-15(2)19-11-10-18(20-12-16(3)22-26-20)13-21(19)27(24,25)23(4)14-17-8-6-5-7-9-17/h5-13,15H,14H2,1-4H3. The molecule has 0 N–H and O–H groups in total. The largest absolute Gasteiger partial charge is 0.356 e. The number of nitrogens with zero attached hydrogens (tertiary/aromatic N) is 2. The first-order chi connectivity index (χ1) is 12.8. The number of hydrogen-bond donors (Lipinski definition) is 0. The molecule has 3 rings (SSSR count). The fourth-order valence-electron chi connectivity index (χ4n) is 2.98. The average molecular weight is 385 g/mol. The summed E-state index contributed by atoms with van der Waals surface area (Å²) in [5, 5.41) is 3.90. The Balaban J connectivity index is 2.03. The van der Waals surface area contributed by atoms with Gasteiger partial charge in [0.05, 0.1) is 10.6 Å². The van der Waals surface area contributed by atoms with Gasteiger partial charge in [-0.3, -0.25) is 0 Å². The first-order valence-corrected chi connectivity index (χ1v) is 10.3. The van der Waals surface area contributed by atoms with Gasteiger partial charge in [-0.2, -0.15) is 4.31 Å². The van der Waals surface area contributed by atoms with Crippen LogP contribution in [0.3, 0.4) is 0 Å². The average Bonchev–Trinajstić information content (AvgIpc) is 3.08. The van der Waals surface area contributed by atoms with E-state index in [1.807, 2.05) is 63.2 Å². The Morgan fingerprint density at radius 3 is 2.37 bits per heavy atom. The van der Waals surface area contributed by atoms with Gasteiger partial charge in [0.1, 0.15) is 0 Å². The quantitative estimate of drug-likeness (QED) is 0.623. The molecule has 0 amide bonds. The van der Waals surface area contributed by atoms with Crippen LogP contribution < -0.4 is 0 Å². The van der Waals surface area contributed by atoms with Gasteiger partial charge in [-0.1, -0.05) is 61.5 Å². The highest BCUT2D eigenvalue weighted by Crippen LogP contribution is 2.31. The predicted octanol–water partition coefficient (Wildman–Crippen LogP) is 4.59. The molecule has 2 aromatic carbocycles. The van der Waals surface area contributed by atoms with Crippen LogP contribution in [0, 0.1) is 6.92 Å². The van der Waals surface area contributed by atoms with Gasteiger partial charge in [0.2, 0.25) is 10.0 Å². The summed E-state index contributed by atoms with van der Waals surface area (Å²) in [4.78, 5) is 0.308. The molecule has 5 nitrogen and oxygen atoms in total. The molecule has 3 aromatic rings. The molecule has 0 saturated heterocycles. The molecule has 0 fully saturated rings. The summed E-state index contributed by atoms with van der Waals surface area (Å²) in [5.41, 5.74) is 3.18. The van der Waals surface area contributed by atoms with Crippen molar-refractivity contribution in [2.45, 2.75) is 38.1 Å². The zero-order chi connectivity index (χ0) is 19.6. The summed E-state index contributed by atoms with van der Waals surface area (Å²) in [6.45, 7) is 6.13. The zero-order valence-corrected chi connectivity index (χ0v) is 16.8. The SMILES string of the molecule is Cc1cc(-c2ccc(C(C)C)c(S(=O)(=O)N(C)Cc3ccccc3)c2)on1. The second-order valence-corrected chi connectivity index (χ2v) is 9.00. The third-order valence-corrected chi connectivity index (χ3v) is 6.34. The van der Waals surface area contributed by atoms with E-state index in [9.17, 15) is 8.42 Å². The molecule has 0 saturated carbocycles. The Hall–Kier alpha value is -2.44. The van der Waals surface area contributed by atoms with Crippen LogP contribution in [0.5, 0.6) is 0 Å². The minimum atomic E-state index is -3.67. The molecule has 0 unspecified atom stereocenters. The Bertz CT molecular complexity index is 1020. The van der Waals surface area contributed by atoms with Crippen molar-refractivity contribution in [3.8, 4) is 11.3 Å². The molecule has 0 aliphatic carbocycles. The number of hydrogen-bond acceptors (Lipinski definition) is 4. The van der Waals surface area contributed by atoms with Crippen LogP contribution in [0.2, 0.25) is 0 Å². The van der Waals surface area contributed by atoms with Gasteiger partial charge >= 0.3 is 0 Å².